The largest absolute Gasteiger partial charge is 0.424 e. The average molecular weight is 250 g/mol. The monoisotopic (exact) mass is 249 g/mol. The summed E-state index contributed by atoms with van der Waals surface area (Å²) in [6, 6.07) is 7.60. The van der Waals surface area contributed by atoms with E-state index in [9.17, 15) is 17.8 Å². The summed E-state index contributed by atoms with van der Waals surface area (Å²) >= 11 is 5.06. The van der Waals surface area contributed by atoms with Crippen LogP contribution in [0.1, 0.15) is 10.4 Å². The molecule has 15 heavy (non-hydrogen) atoms. The zero-order valence-electron chi connectivity index (χ0n) is 7.29. The minimum absolute atomic E-state index is 0.117. The number of alkyl halides is 1. The maximum Gasteiger partial charge on any atom is 0.348 e. The van der Waals surface area contributed by atoms with Crippen molar-refractivity contribution in [1.29, 1.82) is 0 Å². The Morgan fingerprint density at radius 2 is 1.80 bits per heavy atom. The molecule has 5 nitrogen and oxygen atoms in total. The molecule has 0 aromatic heterocycles. The molecule has 0 aliphatic heterocycles. The van der Waals surface area contributed by atoms with Gasteiger partial charge in [-0.15, -0.1) is 0 Å². The van der Waals surface area contributed by atoms with E-state index in [2.05, 4.69) is 4.74 Å². The lowest BCUT2D eigenvalue weighted by Gasteiger charge is -2.06. The third kappa shape index (κ3) is 3.50. The van der Waals surface area contributed by atoms with Gasteiger partial charge in [0.2, 0.25) is 0 Å². The molecule has 1 aromatic carbocycles. The molecule has 0 amide bonds. The predicted octanol–water partition coefficient (Wildman–Crippen LogP) is 1.13. The molecule has 1 radical (unpaired) electrons. The Labute approximate surface area is 91.4 Å². The lowest BCUT2D eigenvalue weighted by molar-refractivity contribution is 0.0520. The number of halogens is 1. The first-order valence-corrected chi connectivity index (χ1v) is 5.67. The van der Waals surface area contributed by atoms with E-state index in [1.54, 1.807) is 18.2 Å². The smallest absolute Gasteiger partial charge is 0.348 e. The summed E-state index contributed by atoms with van der Waals surface area (Å²) < 4.78 is 35.2. The van der Waals surface area contributed by atoms with Crippen molar-refractivity contribution in [1.82, 2.24) is 0 Å². The number of hydrogen-bond donors (Lipinski definition) is 0. The third-order valence-electron chi connectivity index (χ3n) is 1.44. The fraction of sp³-hybridized carbons (Fsp3) is 0.125. The summed E-state index contributed by atoms with van der Waals surface area (Å²) in [6.07, 6.45) is 0. The Kier molecular flexibility index (Phi) is 3.67. The van der Waals surface area contributed by atoms with Crippen LogP contribution in [0, 0.1) is 0 Å². The van der Waals surface area contributed by atoms with Crippen LogP contribution in [-0.2, 0) is 19.4 Å². The van der Waals surface area contributed by atoms with E-state index in [1.807, 2.05) is 0 Å². The van der Waals surface area contributed by atoms with Gasteiger partial charge < -0.3 is 4.74 Å². The normalized spacial score (nSPS) is 13.2. The highest BCUT2D eigenvalue weighted by Gasteiger charge is 2.26. The van der Waals surface area contributed by atoms with Crippen LogP contribution in [0.3, 0.4) is 0 Å². The molecule has 0 aliphatic carbocycles. The maximum absolute atomic E-state index is 11.2. The molecule has 0 aliphatic rings. The topological polar surface area (TPSA) is 80.3 Å². The molecule has 0 heterocycles. The molecule has 81 valence electrons. The van der Waals surface area contributed by atoms with Gasteiger partial charge in [0, 0.05) is 0 Å². The summed E-state index contributed by atoms with van der Waals surface area (Å²) in [5, 5.41) is 0. The number of ether oxygens (including phenoxy) is 1. The second-order valence-corrected chi connectivity index (χ2v) is 4.61. The number of carbonyl (C=O) groups excluding carboxylic acids is 1. The molecule has 0 fully saturated rings. The van der Waals surface area contributed by atoms with Crippen LogP contribution in [0.4, 0.5) is 0 Å². The van der Waals surface area contributed by atoms with E-state index < -0.39 is 21.0 Å². The van der Waals surface area contributed by atoms with Crippen molar-refractivity contribution >= 4 is 27.7 Å². The van der Waals surface area contributed by atoms with Gasteiger partial charge in [-0.25, -0.2) is 4.79 Å². The van der Waals surface area contributed by atoms with Crippen LogP contribution < -0.4 is 0 Å². The summed E-state index contributed by atoms with van der Waals surface area (Å²) in [5.74, 6) is -0.963. The van der Waals surface area contributed by atoms with Gasteiger partial charge in [-0.2, -0.15) is 8.42 Å². The van der Waals surface area contributed by atoms with E-state index in [0.717, 1.165) is 0 Å². The van der Waals surface area contributed by atoms with Crippen LogP contribution >= 0.6 is 11.6 Å². The zero-order valence-corrected chi connectivity index (χ0v) is 8.86. The standard InChI is InChI=1S/C8H6ClO5S/c9-8(15(11,12)13)14-7(10)6-4-2-1-3-5-6/h1-5,8H. The van der Waals surface area contributed by atoms with E-state index >= 15 is 0 Å². The molecule has 0 N–H and O–H groups in total. The van der Waals surface area contributed by atoms with Crippen molar-refractivity contribution in [2.24, 2.45) is 0 Å². The van der Waals surface area contributed by atoms with Crippen molar-refractivity contribution in [2.45, 2.75) is 4.90 Å². The molecule has 1 aromatic rings. The Hall–Kier alpha value is -1.11. The molecular formula is C8H6ClO5S. The SMILES string of the molecule is [O]S(=O)(=O)C(Cl)OC(=O)c1ccccc1. The minimum atomic E-state index is -4.83. The highest BCUT2D eigenvalue weighted by atomic mass is 35.5. The summed E-state index contributed by atoms with van der Waals surface area (Å²) in [6.45, 7) is 0. The van der Waals surface area contributed by atoms with Gasteiger partial charge in [-0.05, 0) is 12.1 Å². The number of hydrogen-bond acceptors (Lipinski definition) is 4. The number of carbonyl (C=O) groups is 1. The van der Waals surface area contributed by atoms with E-state index in [1.165, 1.54) is 12.1 Å². The van der Waals surface area contributed by atoms with Gasteiger partial charge in [0.05, 0.1) is 5.56 Å². The van der Waals surface area contributed by atoms with Gasteiger partial charge in [0.25, 0.3) is 0 Å². The lowest BCUT2D eigenvalue weighted by Crippen LogP contribution is -2.20. The first-order valence-electron chi connectivity index (χ1n) is 3.76. The Morgan fingerprint density at radius 3 is 2.27 bits per heavy atom. The van der Waals surface area contributed by atoms with Crippen molar-refractivity contribution < 1.29 is 22.5 Å². The Bertz CT molecular complexity index is 441. The van der Waals surface area contributed by atoms with E-state index in [-0.39, 0.29) is 5.56 Å². The molecule has 0 spiro atoms. The van der Waals surface area contributed by atoms with Crippen LogP contribution in [0.5, 0.6) is 0 Å². The van der Waals surface area contributed by atoms with E-state index in [4.69, 9.17) is 11.6 Å². The molecule has 0 saturated carbocycles. The second kappa shape index (κ2) is 4.61. The van der Waals surface area contributed by atoms with Gasteiger partial charge in [0.1, 0.15) is 0 Å². The minimum Gasteiger partial charge on any atom is -0.424 e. The summed E-state index contributed by atoms with van der Waals surface area (Å²) in [5.41, 5.74) is 0.117. The van der Waals surface area contributed by atoms with E-state index in [0.29, 0.717) is 0 Å². The van der Waals surface area contributed by atoms with Crippen molar-refractivity contribution in [3.63, 3.8) is 0 Å². The second-order valence-electron chi connectivity index (χ2n) is 2.54. The molecule has 1 atom stereocenters. The molecule has 7 heteroatoms. The highest BCUT2D eigenvalue weighted by molar-refractivity contribution is 7.87. The number of rotatable bonds is 3. The fourth-order valence-corrected chi connectivity index (χ4v) is 1.07. The first-order chi connectivity index (χ1) is 6.91. The molecule has 0 bridgehead atoms. The average Bonchev–Trinajstić information content (AvgIpc) is 2.17. The summed E-state index contributed by atoms with van der Waals surface area (Å²) in [7, 11) is -4.83. The Balaban J connectivity index is 2.74. The van der Waals surface area contributed by atoms with Crippen LogP contribution in [0.2, 0.25) is 0 Å². The molecule has 1 unspecified atom stereocenters. The Morgan fingerprint density at radius 1 is 1.27 bits per heavy atom. The zero-order chi connectivity index (χ0) is 11.5. The van der Waals surface area contributed by atoms with Crippen LogP contribution in [-0.4, -0.2) is 19.3 Å². The maximum atomic E-state index is 11.2. The first kappa shape index (κ1) is 12.0. The fourth-order valence-electron chi connectivity index (χ4n) is 0.785. The van der Waals surface area contributed by atoms with Gasteiger partial charge >= 0.3 is 21.0 Å². The van der Waals surface area contributed by atoms with Gasteiger partial charge in [0.15, 0.2) is 0 Å². The lowest BCUT2D eigenvalue weighted by atomic mass is 10.2. The van der Waals surface area contributed by atoms with Gasteiger partial charge in [-0.3, -0.25) is 0 Å². The van der Waals surface area contributed by atoms with Crippen LogP contribution in [0.15, 0.2) is 30.3 Å². The van der Waals surface area contributed by atoms with Crippen molar-refractivity contribution in [2.75, 3.05) is 0 Å². The predicted molar refractivity (Wildman–Crippen MR) is 51.1 cm³/mol. The number of benzene rings is 1. The molecule has 1 rings (SSSR count). The third-order valence-corrected chi connectivity index (χ3v) is 2.73. The molecule has 0 saturated heterocycles. The number of esters is 1. The van der Waals surface area contributed by atoms with Crippen molar-refractivity contribution in [3.05, 3.63) is 35.9 Å². The highest BCUT2D eigenvalue weighted by Crippen LogP contribution is 2.10. The van der Waals surface area contributed by atoms with Crippen LogP contribution in [0.25, 0.3) is 0 Å². The summed E-state index contributed by atoms with van der Waals surface area (Å²) in [4.78, 5) is 8.99. The molecular weight excluding hydrogens is 244 g/mol. The van der Waals surface area contributed by atoms with Gasteiger partial charge in [-0.1, -0.05) is 34.4 Å². The quantitative estimate of drug-likeness (QED) is 0.594. The van der Waals surface area contributed by atoms with Crippen molar-refractivity contribution in [3.8, 4) is 0 Å².